The zero-order chi connectivity index (χ0) is 13.9. The highest BCUT2D eigenvalue weighted by Gasteiger charge is 2.23. The van der Waals surface area contributed by atoms with Crippen molar-refractivity contribution >= 4 is 33.6 Å². The summed E-state index contributed by atoms with van der Waals surface area (Å²) in [6, 6.07) is 11.9. The van der Waals surface area contributed by atoms with Gasteiger partial charge in [-0.05, 0) is 46.1 Å². The first-order valence-electron chi connectivity index (χ1n) is 6.39. The highest BCUT2D eigenvalue weighted by atomic mass is 79.9. The van der Waals surface area contributed by atoms with Crippen LogP contribution in [0.15, 0.2) is 52.1 Å². The summed E-state index contributed by atoms with van der Waals surface area (Å²) in [5.74, 6) is 0.938. The molecule has 0 aliphatic carbocycles. The van der Waals surface area contributed by atoms with Gasteiger partial charge in [0.05, 0.1) is 11.6 Å². The van der Waals surface area contributed by atoms with Crippen LogP contribution in [0.1, 0.15) is 28.4 Å². The second-order valence-corrected chi connectivity index (χ2v) is 6.43. The Hall–Kier alpha value is -1.33. The van der Waals surface area contributed by atoms with Gasteiger partial charge in [-0.1, -0.05) is 18.2 Å². The van der Waals surface area contributed by atoms with E-state index in [1.165, 1.54) is 10.5 Å². The van der Waals surface area contributed by atoms with Crippen LogP contribution in [0.25, 0.3) is 0 Å². The van der Waals surface area contributed by atoms with E-state index in [9.17, 15) is 4.79 Å². The van der Waals surface area contributed by atoms with Crippen molar-refractivity contribution in [3.63, 3.8) is 0 Å². The molecule has 5 heteroatoms. The van der Waals surface area contributed by atoms with E-state index in [2.05, 4.69) is 38.4 Å². The summed E-state index contributed by atoms with van der Waals surface area (Å²) in [6.45, 7) is 0. The quantitative estimate of drug-likeness (QED) is 0.839. The molecule has 3 nitrogen and oxygen atoms in total. The molecule has 1 aliphatic heterocycles. The van der Waals surface area contributed by atoms with Gasteiger partial charge in [0.15, 0.2) is 0 Å². The van der Waals surface area contributed by atoms with Crippen LogP contribution in [-0.4, -0.2) is 16.6 Å². The number of nitrogens with one attached hydrogen (secondary N) is 1. The minimum Gasteiger partial charge on any atom is -0.345 e. The van der Waals surface area contributed by atoms with Crippen molar-refractivity contribution in [1.82, 2.24) is 10.3 Å². The number of benzene rings is 1. The normalized spacial score (nSPS) is 17.4. The number of halogens is 1. The monoisotopic (exact) mass is 348 g/mol. The number of pyridine rings is 1. The molecule has 102 valence electrons. The minimum absolute atomic E-state index is 0.0760. The summed E-state index contributed by atoms with van der Waals surface area (Å²) in [5.41, 5.74) is 1.78. The van der Waals surface area contributed by atoms with E-state index in [1.54, 1.807) is 18.3 Å². The summed E-state index contributed by atoms with van der Waals surface area (Å²) >= 11 is 5.16. The second kappa shape index (κ2) is 5.97. The fourth-order valence-corrected chi connectivity index (χ4v) is 3.84. The highest BCUT2D eigenvalue weighted by Crippen LogP contribution is 2.36. The summed E-state index contributed by atoms with van der Waals surface area (Å²) in [7, 11) is 0. The number of rotatable bonds is 2. The van der Waals surface area contributed by atoms with Crippen molar-refractivity contribution in [2.45, 2.75) is 17.4 Å². The van der Waals surface area contributed by atoms with Crippen LogP contribution in [0.5, 0.6) is 0 Å². The van der Waals surface area contributed by atoms with Crippen LogP contribution < -0.4 is 5.32 Å². The first-order chi connectivity index (χ1) is 9.75. The molecule has 1 amide bonds. The molecular formula is C15H13BrN2OS. The lowest BCUT2D eigenvalue weighted by Crippen LogP contribution is -2.30. The maximum atomic E-state index is 12.4. The van der Waals surface area contributed by atoms with E-state index in [0.717, 1.165) is 12.2 Å². The Balaban J connectivity index is 1.83. The summed E-state index contributed by atoms with van der Waals surface area (Å²) in [6.07, 6.45) is 2.61. The lowest BCUT2D eigenvalue weighted by Gasteiger charge is -2.26. The molecule has 0 fully saturated rings. The zero-order valence-electron chi connectivity index (χ0n) is 10.7. The van der Waals surface area contributed by atoms with Gasteiger partial charge in [0.1, 0.15) is 4.60 Å². The van der Waals surface area contributed by atoms with Crippen molar-refractivity contribution in [3.8, 4) is 0 Å². The van der Waals surface area contributed by atoms with E-state index in [4.69, 9.17) is 0 Å². The van der Waals surface area contributed by atoms with E-state index in [-0.39, 0.29) is 11.9 Å². The number of hydrogen-bond donors (Lipinski definition) is 1. The largest absolute Gasteiger partial charge is 0.345 e. The molecule has 0 bridgehead atoms. The lowest BCUT2D eigenvalue weighted by molar-refractivity contribution is 0.0933. The number of fused-ring (bicyclic) bond motifs is 1. The minimum atomic E-state index is -0.0864. The van der Waals surface area contributed by atoms with Crippen molar-refractivity contribution in [2.75, 3.05) is 5.75 Å². The van der Waals surface area contributed by atoms with E-state index < -0.39 is 0 Å². The highest BCUT2D eigenvalue weighted by molar-refractivity contribution is 9.10. The van der Waals surface area contributed by atoms with E-state index in [1.807, 2.05) is 23.9 Å². The standard InChI is InChI=1S/C15H13BrN2OS/c16-14-11(5-3-8-17-14)15(19)18-12-7-9-20-13-6-2-1-4-10(12)13/h1-6,8,12H,7,9H2,(H,18,19). The molecule has 1 N–H and O–H groups in total. The van der Waals surface area contributed by atoms with Gasteiger partial charge in [0, 0.05) is 16.8 Å². The maximum Gasteiger partial charge on any atom is 0.254 e. The molecule has 0 spiro atoms. The van der Waals surface area contributed by atoms with Gasteiger partial charge in [0.25, 0.3) is 5.91 Å². The van der Waals surface area contributed by atoms with Gasteiger partial charge in [-0.2, -0.15) is 0 Å². The molecule has 0 radical (unpaired) electrons. The molecule has 1 atom stereocenters. The van der Waals surface area contributed by atoms with Crippen LogP contribution in [0.2, 0.25) is 0 Å². The van der Waals surface area contributed by atoms with Crippen molar-refractivity contribution in [2.24, 2.45) is 0 Å². The van der Waals surface area contributed by atoms with Gasteiger partial charge in [-0.15, -0.1) is 11.8 Å². The Morgan fingerprint density at radius 3 is 3.00 bits per heavy atom. The fourth-order valence-electron chi connectivity index (χ4n) is 2.28. The third kappa shape index (κ3) is 2.74. The molecule has 3 rings (SSSR count). The average Bonchev–Trinajstić information content (AvgIpc) is 2.48. The number of carbonyl (C=O) groups excluding carboxylic acids is 1. The van der Waals surface area contributed by atoms with Crippen LogP contribution in [0, 0.1) is 0 Å². The Bertz CT molecular complexity index is 647. The SMILES string of the molecule is O=C(NC1CCSc2ccccc21)c1cccnc1Br. The molecule has 2 heterocycles. The smallest absolute Gasteiger partial charge is 0.254 e. The number of hydrogen-bond acceptors (Lipinski definition) is 3. The van der Waals surface area contributed by atoms with Crippen LogP contribution >= 0.6 is 27.7 Å². The molecule has 1 aromatic carbocycles. The first-order valence-corrected chi connectivity index (χ1v) is 8.16. The molecule has 0 saturated carbocycles. The molecule has 20 heavy (non-hydrogen) atoms. The van der Waals surface area contributed by atoms with Gasteiger partial charge in [-0.3, -0.25) is 4.79 Å². The predicted octanol–water partition coefficient (Wildman–Crippen LogP) is 3.81. The van der Waals surface area contributed by atoms with Gasteiger partial charge >= 0.3 is 0 Å². The zero-order valence-corrected chi connectivity index (χ0v) is 13.1. The van der Waals surface area contributed by atoms with Crippen molar-refractivity contribution in [1.29, 1.82) is 0 Å². The summed E-state index contributed by atoms with van der Waals surface area (Å²) < 4.78 is 0.580. The van der Waals surface area contributed by atoms with Gasteiger partial charge in [0.2, 0.25) is 0 Å². The molecule has 1 aromatic heterocycles. The maximum absolute atomic E-state index is 12.4. The predicted molar refractivity (Wildman–Crippen MR) is 83.9 cm³/mol. The number of amides is 1. The number of carbonyl (C=O) groups is 1. The van der Waals surface area contributed by atoms with E-state index in [0.29, 0.717) is 10.2 Å². The van der Waals surface area contributed by atoms with Crippen LogP contribution in [0.4, 0.5) is 0 Å². The van der Waals surface area contributed by atoms with E-state index >= 15 is 0 Å². The Morgan fingerprint density at radius 2 is 2.15 bits per heavy atom. The summed E-state index contributed by atoms with van der Waals surface area (Å²) in [4.78, 5) is 17.7. The average molecular weight is 349 g/mol. The Morgan fingerprint density at radius 1 is 1.30 bits per heavy atom. The fraction of sp³-hybridized carbons (Fsp3) is 0.200. The van der Waals surface area contributed by atoms with Crippen LogP contribution in [-0.2, 0) is 0 Å². The molecule has 0 saturated heterocycles. The van der Waals surface area contributed by atoms with Crippen molar-refractivity contribution < 1.29 is 4.79 Å². The van der Waals surface area contributed by atoms with Gasteiger partial charge < -0.3 is 5.32 Å². The number of aromatic nitrogens is 1. The first kappa shape index (κ1) is 13.6. The topological polar surface area (TPSA) is 42.0 Å². The lowest BCUT2D eigenvalue weighted by atomic mass is 10.0. The molecular weight excluding hydrogens is 336 g/mol. The molecule has 2 aromatic rings. The van der Waals surface area contributed by atoms with Crippen molar-refractivity contribution in [3.05, 3.63) is 58.3 Å². The third-order valence-electron chi connectivity index (χ3n) is 3.27. The van der Waals surface area contributed by atoms with Crippen LogP contribution in [0.3, 0.4) is 0 Å². The Labute approximate surface area is 130 Å². The second-order valence-electron chi connectivity index (χ2n) is 4.54. The van der Waals surface area contributed by atoms with Gasteiger partial charge in [-0.25, -0.2) is 4.98 Å². The number of nitrogens with zero attached hydrogens (tertiary/aromatic N) is 1. The molecule has 1 aliphatic rings. The number of thioether (sulfide) groups is 1. The third-order valence-corrected chi connectivity index (χ3v) is 5.02. The summed E-state index contributed by atoms with van der Waals surface area (Å²) in [5, 5.41) is 3.11. The molecule has 1 unspecified atom stereocenters. The Kier molecular flexibility index (Phi) is 4.08.